The number of amides is 2. The van der Waals surface area contributed by atoms with Crippen molar-refractivity contribution in [2.24, 2.45) is 0 Å². The molecule has 22 heavy (non-hydrogen) atoms. The second-order valence-electron chi connectivity index (χ2n) is 5.36. The van der Waals surface area contributed by atoms with E-state index in [9.17, 15) is 4.79 Å². The van der Waals surface area contributed by atoms with Crippen LogP contribution in [-0.4, -0.2) is 35.1 Å². The maximum absolute atomic E-state index is 12.0. The fraction of sp³-hybridized carbons (Fsp3) is 0.467. The summed E-state index contributed by atoms with van der Waals surface area (Å²) in [6.45, 7) is 4.08. The molecule has 3 rings (SSSR count). The Bertz CT molecular complexity index is 631. The van der Waals surface area contributed by atoms with Gasteiger partial charge in [-0.1, -0.05) is 0 Å². The van der Waals surface area contributed by atoms with Gasteiger partial charge in [0, 0.05) is 29.0 Å². The third-order valence-corrected chi connectivity index (χ3v) is 4.56. The van der Waals surface area contributed by atoms with Gasteiger partial charge in [0.1, 0.15) is 5.82 Å². The molecule has 1 saturated heterocycles. The molecule has 7 heteroatoms. The monoisotopic (exact) mass is 320 g/mol. The number of hydrogen-bond donors (Lipinski definition) is 2. The molecule has 0 aliphatic carbocycles. The lowest BCUT2D eigenvalue weighted by Gasteiger charge is -2.12. The standard InChI is InChI=1S/C15H20N4O2S/c1-11-4-5-13(22-11)10-19-14(6-7-17-19)18-15(20)16-9-12-3-2-8-21-12/h4-7,12H,2-3,8-10H2,1H3,(H2,16,18,20)/t12-/m0/s1. The van der Waals surface area contributed by atoms with Gasteiger partial charge in [0.15, 0.2) is 0 Å². The number of ether oxygens (including phenoxy) is 1. The van der Waals surface area contributed by atoms with E-state index in [4.69, 9.17) is 4.74 Å². The molecule has 1 atom stereocenters. The summed E-state index contributed by atoms with van der Waals surface area (Å²) >= 11 is 1.73. The van der Waals surface area contributed by atoms with Crippen LogP contribution in [0.3, 0.4) is 0 Å². The summed E-state index contributed by atoms with van der Waals surface area (Å²) < 4.78 is 7.27. The Kier molecular flexibility index (Phi) is 4.74. The molecule has 1 aliphatic rings. The van der Waals surface area contributed by atoms with Gasteiger partial charge in [-0.15, -0.1) is 11.3 Å². The normalized spacial score (nSPS) is 17.6. The lowest BCUT2D eigenvalue weighted by atomic mass is 10.2. The van der Waals surface area contributed by atoms with Crippen LogP contribution in [0.1, 0.15) is 22.6 Å². The number of aryl methyl sites for hydroxylation is 1. The summed E-state index contributed by atoms with van der Waals surface area (Å²) in [6, 6.07) is 5.75. The van der Waals surface area contributed by atoms with Crippen molar-refractivity contribution in [1.82, 2.24) is 15.1 Å². The Hall–Kier alpha value is -1.86. The number of carbonyl (C=O) groups excluding carboxylic acids is 1. The van der Waals surface area contributed by atoms with Crippen molar-refractivity contribution < 1.29 is 9.53 Å². The molecule has 0 radical (unpaired) electrons. The van der Waals surface area contributed by atoms with Crippen LogP contribution in [-0.2, 0) is 11.3 Å². The van der Waals surface area contributed by atoms with Crippen LogP contribution < -0.4 is 10.6 Å². The molecule has 2 amide bonds. The maximum atomic E-state index is 12.0. The smallest absolute Gasteiger partial charge is 0.320 e. The Labute approximate surface area is 133 Å². The quantitative estimate of drug-likeness (QED) is 0.890. The number of urea groups is 1. The van der Waals surface area contributed by atoms with Crippen LogP contribution in [0.2, 0.25) is 0 Å². The number of nitrogens with zero attached hydrogens (tertiary/aromatic N) is 2. The number of hydrogen-bond acceptors (Lipinski definition) is 4. The first-order valence-corrected chi connectivity index (χ1v) is 8.26. The summed E-state index contributed by atoms with van der Waals surface area (Å²) in [7, 11) is 0. The molecule has 0 spiro atoms. The van der Waals surface area contributed by atoms with Gasteiger partial charge >= 0.3 is 6.03 Å². The van der Waals surface area contributed by atoms with Gasteiger partial charge in [-0.05, 0) is 31.9 Å². The van der Waals surface area contributed by atoms with Gasteiger partial charge in [0.05, 0.1) is 18.8 Å². The minimum atomic E-state index is -0.223. The summed E-state index contributed by atoms with van der Waals surface area (Å²) in [4.78, 5) is 14.4. The number of nitrogens with one attached hydrogen (secondary N) is 2. The highest BCUT2D eigenvalue weighted by Crippen LogP contribution is 2.18. The first kappa shape index (κ1) is 15.1. The zero-order chi connectivity index (χ0) is 15.4. The van der Waals surface area contributed by atoms with Crippen LogP contribution in [0.4, 0.5) is 10.6 Å². The van der Waals surface area contributed by atoms with Crippen molar-refractivity contribution in [3.05, 3.63) is 34.2 Å². The van der Waals surface area contributed by atoms with Crippen LogP contribution in [0.25, 0.3) is 0 Å². The fourth-order valence-electron chi connectivity index (χ4n) is 2.45. The van der Waals surface area contributed by atoms with Crippen molar-refractivity contribution in [2.75, 3.05) is 18.5 Å². The third-order valence-electron chi connectivity index (χ3n) is 3.57. The fourth-order valence-corrected chi connectivity index (χ4v) is 3.33. The van der Waals surface area contributed by atoms with Crippen molar-refractivity contribution in [1.29, 1.82) is 0 Å². The lowest BCUT2D eigenvalue weighted by molar-refractivity contribution is 0.112. The Balaban J connectivity index is 1.53. The van der Waals surface area contributed by atoms with Gasteiger partial charge < -0.3 is 10.1 Å². The first-order chi connectivity index (χ1) is 10.7. The molecule has 2 N–H and O–H groups in total. The Morgan fingerprint density at radius 2 is 2.41 bits per heavy atom. The molecule has 0 unspecified atom stereocenters. The lowest BCUT2D eigenvalue weighted by Crippen LogP contribution is -2.35. The first-order valence-electron chi connectivity index (χ1n) is 7.44. The van der Waals surface area contributed by atoms with E-state index in [2.05, 4.69) is 34.8 Å². The van der Waals surface area contributed by atoms with E-state index >= 15 is 0 Å². The largest absolute Gasteiger partial charge is 0.376 e. The minimum absolute atomic E-state index is 0.143. The number of rotatable bonds is 5. The minimum Gasteiger partial charge on any atom is -0.376 e. The average molecular weight is 320 g/mol. The highest BCUT2D eigenvalue weighted by Gasteiger charge is 2.16. The zero-order valence-corrected chi connectivity index (χ0v) is 13.4. The van der Waals surface area contributed by atoms with Gasteiger partial charge in [-0.25, -0.2) is 9.48 Å². The van der Waals surface area contributed by atoms with E-state index in [1.54, 1.807) is 28.3 Å². The Morgan fingerprint density at radius 3 is 3.14 bits per heavy atom. The third kappa shape index (κ3) is 3.86. The van der Waals surface area contributed by atoms with Crippen molar-refractivity contribution in [2.45, 2.75) is 32.4 Å². The summed E-state index contributed by atoms with van der Waals surface area (Å²) in [5, 5.41) is 9.95. The van der Waals surface area contributed by atoms with Gasteiger partial charge in [0.25, 0.3) is 0 Å². The molecule has 0 bridgehead atoms. The van der Waals surface area contributed by atoms with Crippen molar-refractivity contribution in [3.63, 3.8) is 0 Å². The maximum Gasteiger partial charge on any atom is 0.320 e. The van der Waals surface area contributed by atoms with Crippen LogP contribution in [0, 0.1) is 6.92 Å². The number of carbonyl (C=O) groups is 1. The second-order valence-corrected chi connectivity index (χ2v) is 6.73. The molecular formula is C15H20N4O2S. The Morgan fingerprint density at radius 1 is 1.50 bits per heavy atom. The van der Waals surface area contributed by atoms with Gasteiger partial charge in [0.2, 0.25) is 0 Å². The van der Waals surface area contributed by atoms with Crippen molar-refractivity contribution >= 4 is 23.2 Å². The molecule has 0 saturated carbocycles. The van der Waals surface area contributed by atoms with Crippen LogP contribution >= 0.6 is 11.3 Å². The highest BCUT2D eigenvalue weighted by atomic mass is 32.1. The van der Waals surface area contributed by atoms with E-state index in [0.717, 1.165) is 19.4 Å². The molecule has 2 aromatic rings. The molecule has 2 aromatic heterocycles. The SMILES string of the molecule is Cc1ccc(Cn2nccc2NC(=O)NC[C@@H]2CCCO2)s1. The van der Waals surface area contributed by atoms with Crippen LogP contribution in [0.5, 0.6) is 0 Å². The predicted molar refractivity (Wildman–Crippen MR) is 86.4 cm³/mol. The van der Waals surface area contributed by atoms with E-state index in [0.29, 0.717) is 18.9 Å². The van der Waals surface area contributed by atoms with E-state index in [-0.39, 0.29) is 12.1 Å². The topological polar surface area (TPSA) is 68.2 Å². The molecule has 3 heterocycles. The van der Waals surface area contributed by atoms with Gasteiger partial charge in [-0.2, -0.15) is 5.10 Å². The molecule has 118 valence electrons. The van der Waals surface area contributed by atoms with E-state index < -0.39 is 0 Å². The number of aromatic nitrogens is 2. The molecule has 1 aliphatic heterocycles. The summed E-state index contributed by atoms with van der Waals surface area (Å²) in [6.07, 6.45) is 3.91. The molecule has 0 aromatic carbocycles. The average Bonchev–Trinajstić information content (AvgIpc) is 3.21. The molecular weight excluding hydrogens is 300 g/mol. The van der Waals surface area contributed by atoms with E-state index in [1.165, 1.54) is 9.75 Å². The molecule has 1 fully saturated rings. The zero-order valence-electron chi connectivity index (χ0n) is 12.5. The van der Waals surface area contributed by atoms with Crippen molar-refractivity contribution in [3.8, 4) is 0 Å². The summed E-state index contributed by atoms with van der Waals surface area (Å²) in [5.74, 6) is 0.691. The second kappa shape index (κ2) is 6.93. The molecule has 6 nitrogen and oxygen atoms in total. The number of thiophene rings is 1. The highest BCUT2D eigenvalue weighted by molar-refractivity contribution is 7.11. The van der Waals surface area contributed by atoms with Crippen LogP contribution in [0.15, 0.2) is 24.4 Å². The predicted octanol–water partition coefficient (Wildman–Crippen LogP) is 2.60. The van der Waals surface area contributed by atoms with Gasteiger partial charge in [-0.3, -0.25) is 5.32 Å². The number of anilines is 1. The summed E-state index contributed by atoms with van der Waals surface area (Å²) in [5.41, 5.74) is 0. The van der Waals surface area contributed by atoms with E-state index in [1.807, 2.05) is 0 Å².